The van der Waals surface area contributed by atoms with E-state index < -0.39 is 0 Å². The Hall–Kier alpha value is 1.22. The van der Waals surface area contributed by atoms with Crippen molar-refractivity contribution in [2.75, 3.05) is 6.79 Å². The third-order valence-corrected chi connectivity index (χ3v) is 7.74. The molecule has 2 unspecified atom stereocenters. The molecule has 17 heavy (non-hydrogen) atoms. The van der Waals surface area contributed by atoms with Crippen LogP contribution in [-0.4, -0.2) is 11.6 Å². The molecule has 0 spiro atoms. The number of rotatable bonds is 2. The zero-order valence-electron chi connectivity index (χ0n) is 8.57. The second kappa shape index (κ2) is 5.69. The van der Waals surface area contributed by atoms with Crippen LogP contribution in [0, 0.1) is 0 Å². The van der Waals surface area contributed by atoms with E-state index in [-0.39, 0.29) is 16.4 Å². The van der Waals surface area contributed by atoms with E-state index in [1.54, 1.807) is 0 Å². The third kappa shape index (κ3) is 2.59. The molecule has 2 nitrogen and oxygen atoms in total. The normalized spacial score (nSPS) is 17.1. The second-order valence-electron chi connectivity index (χ2n) is 3.50. The Bertz CT molecular complexity index is 461. The minimum atomic E-state index is 0.150. The summed E-state index contributed by atoms with van der Waals surface area (Å²) in [6.45, 7) is 2.33. The molecule has 1 aromatic carbocycles. The highest BCUT2D eigenvalue weighted by atomic mass is 79.9. The molecular weight excluding hydrogens is 552 g/mol. The molecule has 94 valence electrons. The average molecular weight is 559 g/mol. The van der Waals surface area contributed by atoms with Crippen molar-refractivity contribution >= 4 is 79.6 Å². The van der Waals surface area contributed by atoms with Crippen molar-refractivity contribution in [1.82, 2.24) is 0 Å². The molecule has 1 heterocycles. The van der Waals surface area contributed by atoms with Crippen LogP contribution in [0.4, 0.5) is 0 Å². The van der Waals surface area contributed by atoms with Crippen molar-refractivity contribution in [3.05, 3.63) is 19.0 Å². The number of halogens is 5. The zero-order valence-corrected chi connectivity index (χ0v) is 16.5. The number of benzene rings is 1. The summed E-state index contributed by atoms with van der Waals surface area (Å²) in [4.78, 5) is 0.430. The van der Waals surface area contributed by atoms with E-state index >= 15 is 0 Å². The van der Waals surface area contributed by atoms with Gasteiger partial charge in [-0.05, 0) is 47.8 Å². The Labute approximate surface area is 141 Å². The summed E-state index contributed by atoms with van der Waals surface area (Å²) < 4.78 is 13.7. The molecule has 0 saturated heterocycles. The summed E-state index contributed by atoms with van der Waals surface area (Å²) in [5, 5.41) is 0. The fourth-order valence-corrected chi connectivity index (χ4v) is 4.99. The van der Waals surface area contributed by atoms with E-state index in [9.17, 15) is 0 Å². The van der Waals surface area contributed by atoms with Crippen molar-refractivity contribution in [3.63, 3.8) is 0 Å². The number of alkyl halides is 2. The monoisotopic (exact) mass is 554 g/mol. The van der Waals surface area contributed by atoms with Crippen molar-refractivity contribution < 1.29 is 9.47 Å². The van der Waals surface area contributed by atoms with Gasteiger partial charge >= 0.3 is 0 Å². The number of fused-ring (bicyclic) bond motifs is 1. The summed E-state index contributed by atoms with van der Waals surface area (Å²) in [6, 6.07) is 0. The number of ether oxygens (including phenoxy) is 2. The zero-order chi connectivity index (χ0) is 12.7. The standard InChI is InChI=1S/C10H7Br5O2/c1-3(11)5(12)4-6(13)8(15)10-9(7(4)14)16-2-17-10/h3,5H,2H2,1H3. The molecule has 0 aromatic heterocycles. The average Bonchev–Trinajstić information content (AvgIpc) is 2.75. The van der Waals surface area contributed by atoms with Gasteiger partial charge in [0.25, 0.3) is 0 Å². The van der Waals surface area contributed by atoms with Gasteiger partial charge in [-0.25, -0.2) is 0 Å². The third-order valence-electron chi connectivity index (χ3n) is 2.36. The Morgan fingerprint density at radius 3 is 2.00 bits per heavy atom. The smallest absolute Gasteiger partial charge is 0.231 e. The summed E-state index contributed by atoms with van der Waals surface area (Å²) in [5.74, 6) is 1.47. The lowest BCUT2D eigenvalue weighted by atomic mass is 10.1. The maximum atomic E-state index is 5.48. The van der Waals surface area contributed by atoms with Gasteiger partial charge in [-0.1, -0.05) is 38.8 Å². The van der Waals surface area contributed by atoms with Gasteiger partial charge in [0.05, 0.1) is 13.8 Å². The Balaban J connectivity index is 2.64. The van der Waals surface area contributed by atoms with Gasteiger partial charge in [0.1, 0.15) is 0 Å². The van der Waals surface area contributed by atoms with E-state index in [0.717, 1.165) is 30.5 Å². The first kappa shape index (κ1) is 14.6. The second-order valence-corrected chi connectivity index (χ2v) is 8.31. The Morgan fingerprint density at radius 1 is 0.941 bits per heavy atom. The number of hydrogen-bond donors (Lipinski definition) is 0. The van der Waals surface area contributed by atoms with Gasteiger partial charge in [-0.15, -0.1) is 0 Å². The van der Waals surface area contributed by atoms with Crippen LogP contribution in [0.1, 0.15) is 17.3 Å². The molecule has 0 aliphatic carbocycles. The molecule has 2 rings (SSSR count). The van der Waals surface area contributed by atoms with Gasteiger partial charge in [-0.3, -0.25) is 0 Å². The highest BCUT2D eigenvalue weighted by molar-refractivity contribution is 9.13. The lowest BCUT2D eigenvalue weighted by Gasteiger charge is -2.19. The van der Waals surface area contributed by atoms with Crippen LogP contribution in [0.2, 0.25) is 0 Å². The van der Waals surface area contributed by atoms with Crippen molar-refractivity contribution in [2.45, 2.75) is 16.6 Å². The van der Waals surface area contributed by atoms with Gasteiger partial charge in [0.15, 0.2) is 11.5 Å². The fourth-order valence-electron chi connectivity index (χ4n) is 1.51. The molecule has 1 aliphatic rings. The summed E-state index contributed by atoms with van der Waals surface area (Å²) in [5.41, 5.74) is 1.09. The first-order chi connectivity index (χ1) is 7.95. The predicted molar refractivity (Wildman–Crippen MR) is 85.7 cm³/mol. The lowest BCUT2D eigenvalue weighted by molar-refractivity contribution is 0.173. The van der Waals surface area contributed by atoms with Crippen LogP contribution < -0.4 is 9.47 Å². The van der Waals surface area contributed by atoms with E-state index in [1.165, 1.54) is 0 Å². The van der Waals surface area contributed by atoms with E-state index in [1.807, 2.05) is 0 Å². The highest BCUT2D eigenvalue weighted by Gasteiger charge is 2.30. The van der Waals surface area contributed by atoms with Gasteiger partial charge < -0.3 is 9.47 Å². The molecule has 0 fully saturated rings. The lowest BCUT2D eigenvalue weighted by Crippen LogP contribution is -2.04. The van der Waals surface area contributed by atoms with Crippen LogP contribution in [0.15, 0.2) is 13.4 Å². The quantitative estimate of drug-likeness (QED) is 0.331. The topological polar surface area (TPSA) is 18.5 Å². The van der Waals surface area contributed by atoms with E-state index in [4.69, 9.17) is 9.47 Å². The predicted octanol–water partition coefficient (Wildman–Crippen LogP) is 5.92. The summed E-state index contributed by atoms with van der Waals surface area (Å²) >= 11 is 17.9. The summed E-state index contributed by atoms with van der Waals surface area (Å²) in [6.07, 6.45) is 0. The maximum absolute atomic E-state index is 5.48. The largest absolute Gasteiger partial charge is 0.452 e. The molecular formula is C10H7Br5O2. The molecule has 7 heteroatoms. The van der Waals surface area contributed by atoms with Crippen LogP contribution in [0.5, 0.6) is 11.5 Å². The molecule has 0 amide bonds. The SMILES string of the molecule is CC(Br)C(Br)c1c(Br)c(Br)c2c(c1Br)OCO2. The molecule has 0 bridgehead atoms. The molecule has 0 N–H and O–H groups in total. The van der Waals surface area contributed by atoms with Crippen LogP contribution in [0.25, 0.3) is 0 Å². The van der Waals surface area contributed by atoms with E-state index in [2.05, 4.69) is 86.6 Å². The minimum Gasteiger partial charge on any atom is -0.452 e. The molecule has 1 aliphatic heterocycles. The first-order valence-corrected chi connectivity index (χ1v) is 8.90. The van der Waals surface area contributed by atoms with Crippen molar-refractivity contribution in [2.24, 2.45) is 0 Å². The van der Waals surface area contributed by atoms with Crippen molar-refractivity contribution in [3.8, 4) is 11.5 Å². The van der Waals surface area contributed by atoms with Crippen LogP contribution in [0.3, 0.4) is 0 Å². The fraction of sp³-hybridized carbons (Fsp3) is 0.400. The maximum Gasteiger partial charge on any atom is 0.231 e. The summed E-state index contributed by atoms with van der Waals surface area (Å²) in [7, 11) is 0. The van der Waals surface area contributed by atoms with Gasteiger partial charge in [-0.2, -0.15) is 0 Å². The van der Waals surface area contributed by atoms with Crippen LogP contribution >= 0.6 is 79.6 Å². The highest BCUT2D eigenvalue weighted by Crippen LogP contribution is 2.54. The Kier molecular flexibility index (Phi) is 4.89. The van der Waals surface area contributed by atoms with Crippen molar-refractivity contribution in [1.29, 1.82) is 0 Å². The first-order valence-electron chi connectivity index (χ1n) is 4.69. The van der Waals surface area contributed by atoms with Gasteiger partial charge in [0, 0.05) is 14.9 Å². The molecule has 0 radical (unpaired) electrons. The van der Waals surface area contributed by atoms with E-state index in [0.29, 0.717) is 0 Å². The van der Waals surface area contributed by atoms with Crippen LogP contribution in [-0.2, 0) is 0 Å². The minimum absolute atomic E-state index is 0.150. The molecule has 0 saturated carbocycles. The number of hydrogen-bond acceptors (Lipinski definition) is 2. The van der Waals surface area contributed by atoms with Gasteiger partial charge in [0.2, 0.25) is 6.79 Å². The molecule has 2 atom stereocenters. The molecule has 1 aromatic rings. The Morgan fingerprint density at radius 2 is 1.47 bits per heavy atom.